The molecule has 2 aromatic heterocycles. The summed E-state index contributed by atoms with van der Waals surface area (Å²) in [5.74, 6) is 0.403. The maximum Gasteiger partial charge on any atom is 0.274 e. The Morgan fingerprint density at radius 3 is 2.68 bits per heavy atom. The van der Waals surface area contributed by atoms with E-state index >= 15 is 0 Å². The number of nitrogens with one attached hydrogen (secondary N) is 2. The number of fused-ring (bicyclic) bond motifs is 1. The molecule has 0 saturated heterocycles. The third kappa shape index (κ3) is 2.99. The molecule has 7 heteroatoms. The number of aromatic nitrogens is 5. The molecular weight excluding hydrogens is 316 g/mol. The molecule has 0 spiro atoms. The number of aromatic amines is 1. The Morgan fingerprint density at radius 1 is 1.12 bits per heavy atom. The lowest BCUT2D eigenvalue weighted by Gasteiger charge is -2.09. The molecular formula is C18H16N6O. The molecule has 7 nitrogen and oxygen atoms in total. The molecule has 0 aliphatic rings. The van der Waals surface area contributed by atoms with Gasteiger partial charge in [0.05, 0.1) is 29.0 Å². The first-order valence-electron chi connectivity index (χ1n) is 7.94. The summed E-state index contributed by atoms with van der Waals surface area (Å²) in [7, 11) is 0. The van der Waals surface area contributed by atoms with Crippen LogP contribution < -0.4 is 5.32 Å². The van der Waals surface area contributed by atoms with Gasteiger partial charge in [0, 0.05) is 0 Å². The fraction of sp³-hybridized carbons (Fsp3) is 0.111. The molecule has 0 aliphatic carbocycles. The zero-order valence-electron chi connectivity index (χ0n) is 13.5. The van der Waals surface area contributed by atoms with Crippen molar-refractivity contribution in [1.29, 1.82) is 0 Å². The molecule has 0 bridgehead atoms. The van der Waals surface area contributed by atoms with Crippen LogP contribution in [0, 0.1) is 0 Å². The Kier molecular flexibility index (Phi) is 3.74. The van der Waals surface area contributed by atoms with Crippen LogP contribution in [0.25, 0.3) is 16.7 Å². The van der Waals surface area contributed by atoms with Gasteiger partial charge < -0.3 is 10.3 Å². The number of carbonyl (C=O) groups is 1. The van der Waals surface area contributed by atoms with Crippen LogP contribution in [0.2, 0.25) is 0 Å². The molecule has 1 amide bonds. The minimum absolute atomic E-state index is 0.256. The number of benzene rings is 2. The topological polar surface area (TPSA) is 88.5 Å². The summed E-state index contributed by atoms with van der Waals surface area (Å²) in [6, 6.07) is 16.9. The van der Waals surface area contributed by atoms with Gasteiger partial charge in [-0.3, -0.25) is 4.79 Å². The molecule has 0 saturated carbocycles. The van der Waals surface area contributed by atoms with Gasteiger partial charge in [0.2, 0.25) is 0 Å². The molecule has 2 N–H and O–H groups in total. The third-order valence-corrected chi connectivity index (χ3v) is 3.88. The van der Waals surface area contributed by atoms with Gasteiger partial charge in [-0.2, -0.15) is 9.90 Å². The second kappa shape index (κ2) is 6.20. The molecule has 4 aromatic rings. The van der Waals surface area contributed by atoms with Crippen molar-refractivity contribution in [3.8, 4) is 5.69 Å². The van der Waals surface area contributed by atoms with Crippen LogP contribution in [0.5, 0.6) is 0 Å². The van der Waals surface area contributed by atoms with Crippen molar-refractivity contribution in [2.45, 2.75) is 13.0 Å². The molecule has 25 heavy (non-hydrogen) atoms. The summed E-state index contributed by atoms with van der Waals surface area (Å²) in [5, 5.41) is 11.3. The standard InChI is InChI=1S/C18H16N6O/c1-12(17-21-14-9-5-6-10-15(14)22-17)20-18(25)16-11-19-24(23-16)13-7-3-2-4-8-13/h2-12H,1H3,(H,20,25)(H,21,22)/t12-/m1/s1. The summed E-state index contributed by atoms with van der Waals surface area (Å²) in [4.78, 5) is 21.6. The first-order chi connectivity index (χ1) is 12.2. The minimum atomic E-state index is -0.296. The van der Waals surface area contributed by atoms with Crippen molar-refractivity contribution in [1.82, 2.24) is 30.3 Å². The summed E-state index contributed by atoms with van der Waals surface area (Å²) in [6.45, 7) is 1.87. The molecule has 4 rings (SSSR count). The SMILES string of the molecule is C[C@@H](NC(=O)c1cnn(-c2ccccc2)n1)c1nc2ccccc2[nH]1. The largest absolute Gasteiger partial charge is 0.341 e. The highest BCUT2D eigenvalue weighted by atomic mass is 16.2. The van der Waals surface area contributed by atoms with Gasteiger partial charge in [0.15, 0.2) is 5.69 Å². The Hall–Kier alpha value is -3.48. The van der Waals surface area contributed by atoms with Crippen LogP contribution in [-0.2, 0) is 0 Å². The van der Waals surface area contributed by atoms with Crippen molar-refractivity contribution in [2.75, 3.05) is 0 Å². The van der Waals surface area contributed by atoms with E-state index in [1.165, 1.54) is 11.0 Å². The van der Waals surface area contributed by atoms with Gasteiger partial charge in [-0.05, 0) is 31.2 Å². The Balaban J connectivity index is 1.51. The number of hydrogen-bond donors (Lipinski definition) is 2. The summed E-state index contributed by atoms with van der Waals surface area (Å²) in [6.07, 6.45) is 1.45. The summed E-state index contributed by atoms with van der Waals surface area (Å²) in [5.41, 5.74) is 2.86. The van der Waals surface area contributed by atoms with Gasteiger partial charge in [0.1, 0.15) is 5.82 Å². The minimum Gasteiger partial charge on any atom is -0.341 e. The number of amides is 1. The number of carbonyl (C=O) groups excluding carboxylic acids is 1. The van der Waals surface area contributed by atoms with E-state index in [-0.39, 0.29) is 17.6 Å². The molecule has 0 aliphatic heterocycles. The van der Waals surface area contributed by atoms with E-state index in [2.05, 4.69) is 25.5 Å². The predicted octanol–water partition coefficient (Wildman–Crippen LogP) is 2.63. The predicted molar refractivity (Wildman–Crippen MR) is 93.3 cm³/mol. The molecule has 2 heterocycles. The van der Waals surface area contributed by atoms with Crippen molar-refractivity contribution in [2.24, 2.45) is 0 Å². The zero-order chi connectivity index (χ0) is 17.2. The van der Waals surface area contributed by atoms with Gasteiger partial charge >= 0.3 is 0 Å². The first-order valence-corrected chi connectivity index (χ1v) is 7.94. The lowest BCUT2D eigenvalue weighted by molar-refractivity contribution is 0.0933. The average Bonchev–Trinajstić information content (AvgIpc) is 3.29. The van der Waals surface area contributed by atoms with Crippen molar-refractivity contribution in [3.05, 3.63) is 72.3 Å². The van der Waals surface area contributed by atoms with Gasteiger partial charge in [-0.25, -0.2) is 4.98 Å². The van der Waals surface area contributed by atoms with E-state index < -0.39 is 0 Å². The third-order valence-electron chi connectivity index (χ3n) is 3.88. The fourth-order valence-corrected chi connectivity index (χ4v) is 2.57. The molecule has 124 valence electrons. The molecule has 0 radical (unpaired) electrons. The van der Waals surface area contributed by atoms with Crippen LogP contribution in [0.4, 0.5) is 0 Å². The number of H-pyrrole nitrogens is 1. The normalized spacial score (nSPS) is 12.2. The van der Waals surface area contributed by atoms with E-state index in [0.29, 0.717) is 5.82 Å². The van der Waals surface area contributed by atoms with E-state index in [4.69, 9.17) is 0 Å². The highest BCUT2D eigenvalue weighted by molar-refractivity contribution is 5.92. The lowest BCUT2D eigenvalue weighted by Crippen LogP contribution is -2.27. The number of para-hydroxylation sites is 3. The van der Waals surface area contributed by atoms with Crippen LogP contribution in [-0.4, -0.2) is 30.9 Å². The molecule has 0 unspecified atom stereocenters. The second-order valence-electron chi connectivity index (χ2n) is 5.69. The number of nitrogens with zero attached hydrogens (tertiary/aromatic N) is 4. The Morgan fingerprint density at radius 2 is 1.88 bits per heavy atom. The smallest absolute Gasteiger partial charge is 0.274 e. The fourth-order valence-electron chi connectivity index (χ4n) is 2.57. The van der Waals surface area contributed by atoms with Gasteiger partial charge in [0.25, 0.3) is 5.91 Å². The maximum absolute atomic E-state index is 12.4. The second-order valence-corrected chi connectivity index (χ2v) is 5.69. The average molecular weight is 332 g/mol. The van der Waals surface area contributed by atoms with Gasteiger partial charge in [-0.1, -0.05) is 30.3 Å². The lowest BCUT2D eigenvalue weighted by atomic mass is 10.3. The number of rotatable bonds is 4. The summed E-state index contributed by atoms with van der Waals surface area (Å²) >= 11 is 0. The van der Waals surface area contributed by atoms with Crippen molar-refractivity contribution in [3.63, 3.8) is 0 Å². The maximum atomic E-state index is 12.4. The summed E-state index contributed by atoms with van der Waals surface area (Å²) < 4.78 is 0. The Bertz CT molecular complexity index is 987. The highest BCUT2D eigenvalue weighted by Gasteiger charge is 2.17. The molecule has 2 aromatic carbocycles. The van der Waals surface area contributed by atoms with Gasteiger partial charge in [-0.15, -0.1) is 5.10 Å². The number of hydrogen-bond acceptors (Lipinski definition) is 4. The quantitative estimate of drug-likeness (QED) is 0.601. The molecule has 1 atom stereocenters. The monoisotopic (exact) mass is 332 g/mol. The van der Waals surface area contributed by atoms with E-state index in [0.717, 1.165) is 16.7 Å². The van der Waals surface area contributed by atoms with Crippen LogP contribution in [0.3, 0.4) is 0 Å². The number of imidazole rings is 1. The van der Waals surface area contributed by atoms with Crippen LogP contribution >= 0.6 is 0 Å². The van der Waals surface area contributed by atoms with Crippen molar-refractivity contribution < 1.29 is 4.79 Å². The van der Waals surface area contributed by atoms with E-state index in [1.807, 2.05) is 61.5 Å². The molecule has 0 fully saturated rings. The Labute approximate surface area is 143 Å². The van der Waals surface area contributed by atoms with E-state index in [9.17, 15) is 4.79 Å². The van der Waals surface area contributed by atoms with E-state index in [1.54, 1.807) is 0 Å². The van der Waals surface area contributed by atoms with Crippen LogP contribution in [0.1, 0.15) is 29.3 Å². The highest BCUT2D eigenvalue weighted by Crippen LogP contribution is 2.15. The van der Waals surface area contributed by atoms with Crippen LogP contribution in [0.15, 0.2) is 60.8 Å². The van der Waals surface area contributed by atoms with Crippen molar-refractivity contribution >= 4 is 16.9 Å². The first kappa shape index (κ1) is 15.1. The zero-order valence-corrected chi connectivity index (χ0v) is 13.5.